The molecule has 0 saturated heterocycles. The van der Waals surface area contributed by atoms with Gasteiger partial charge in [-0.05, 0) is 48.0 Å². The Morgan fingerprint density at radius 3 is 2.43 bits per heavy atom. The molecule has 6 heteroatoms. The van der Waals surface area contributed by atoms with E-state index in [-0.39, 0.29) is 0 Å². The first-order valence-corrected chi connectivity index (χ1v) is 9.25. The number of nitrogens with one attached hydrogen (secondary N) is 1. The van der Waals surface area contributed by atoms with Gasteiger partial charge in [-0.3, -0.25) is 4.79 Å². The minimum Gasteiger partial charge on any atom is -0.497 e. The van der Waals surface area contributed by atoms with Crippen LogP contribution in [0.5, 0.6) is 17.2 Å². The van der Waals surface area contributed by atoms with Crippen molar-refractivity contribution in [2.45, 2.75) is 0 Å². The molecule has 0 aliphatic heterocycles. The average Bonchev–Trinajstić information content (AvgIpc) is 2.78. The normalized spacial score (nSPS) is 10.4. The van der Waals surface area contributed by atoms with Crippen LogP contribution in [0.25, 0.3) is 6.08 Å². The molecule has 0 saturated carbocycles. The quantitative estimate of drug-likeness (QED) is 0.437. The summed E-state index contributed by atoms with van der Waals surface area (Å²) in [6.45, 7) is -0.416. The molecule has 0 unspecified atom stereocenters. The molecule has 0 fully saturated rings. The number of rotatable bonds is 8. The second kappa shape index (κ2) is 10.5. The van der Waals surface area contributed by atoms with Crippen LogP contribution in [-0.2, 0) is 14.3 Å². The van der Waals surface area contributed by atoms with Crippen LogP contribution in [0.3, 0.4) is 0 Å². The van der Waals surface area contributed by atoms with Gasteiger partial charge in [-0.2, -0.15) is 0 Å². The van der Waals surface area contributed by atoms with Gasteiger partial charge in [0.2, 0.25) is 0 Å². The van der Waals surface area contributed by atoms with Crippen molar-refractivity contribution in [3.63, 3.8) is 0 Å². The second-order valence-corrected chi connectivity index (χ2v) is 6.18. The van der Waals surface area contributed by atoms with E-state index in [9.17, 15) is 9.59 Å². The number of hydrogen-bond acceptors (Lipinski definition) is 5. The van der Waals surface area contributed by atoms with Crippen molar-refractivity contribution >= 4 is 23.6 Å². The van der Waals surface area contributed by atoms with E-state index >= 15 is 0 Å². The molecule has 0 bridgehead atoms. The van der Waals surface area contributed by atoms with Gasteiger partial charge in [-0.15, -0.1) is 0 Å². The maximum atomic E-state index is 12.2. The number of hydrogen-bond donors (Lipinski definition) is 1. The van der Waals surface area contributed by atoms with E-state index in [1.165, 1.54) is 6.08 Å². The Balaban J connectivity index is 1.53. The largest absolute Gasteiger partial charge is 0.497 e. The topological polar surface area (TPSA) is 73.9 Å². The number of amides is 1. The van der Waals surface area contributed by atoms with Gasteiger partial charge < -0.3 is 19.5 Å². The van der Waals surface area contributed by atoms with Crippen LogP contribution >= 0.6 is 0 Å². The number of carbonyl (C=O) groups is 2. The Morgan fingerprint density at radius 2 is 1.63 bits per heavy atom. The summed E-state index contributed by atoms with van der Waals surface area (Å²) in [5, 5.41) is 2.69. The highest BCUT2D eigenvalue weighted by molar-refractivity contribution is 5.95. The van der Waals surface area contributed by atoms with Gasteiger partial charge in [0.1, 0.15) is 11.5 Å². The summed E-state index contributed by atoms with van der Waals surface area (Å²) in [6.07, 6.45) is 2.85. The number of carbonyl (C=O) groups excluding carboxylic acids is 2. The average molecular weight is 403 g/mol. The van der Waals surface area contributed by atoms with Crippen LogP contribution in [0.1, 0.15) is 5.56 Å². The van der Waals surface area contributed by atoms with E-state index in [0.717, 1.165) is 5.56 Å². The maximum absolute atomic E-state index is 12.2. The fourth-order valence-electron chi connectivity index (χ4n) is 2.55. The van der Waals surface area contributed by atoms with Crippen LogP contribution in [0.15, 0.2) is 84.9 Å². The van der Waals surface area contributed by atoms with E-state index in [1.54, 1.807) is 49.6 Å². The Morgan fingerprint density at radius 1 is 0.900 bits per heavy atom. The highest BCUT2D eigenvalue weighted by Gasteiger charge is 2.10. The standard InChI is InChI=1S/C24H21NO5/c1-28-20-11-7-8-18(16-20)14-15-24(27)29-17-23(26)25-21-12-5-6-13-22(21)30-19-9-3-2-4-10-19/h2-16H,17H2,1H3,(H,25,26)/b15-14+. The fraction of sp³-hybridized carbons (Fsp3) is 0.0833. The number of esters is 1. The predicted molar refractivity (Wildman–Crippen MR) is 115 cm³/mol. The minimum atomic E-state index is -0.623. The molecule has 3 aromatic rings. The van der Waals surface area contributed by atoms with Gasteiger partial charge in [0.25, 0.3) is 5.91 Å². The van der Waals surface area contributed by atoms with Gasteiger partial charge in [0.05, 0.1) is 12.8 Å². The van der Waals surface area contributed by atoms with Crippen LogP contribution < -0.4 is 14.8 Å². The summed E-state index contributed by atoms with van der Waals surface area (Å²) in [5.74, 6) is 0.722. The second-order valence-electron chi connectivity index (χ2n) is 6.18. The number of anilines is 1. The van der Waals surface area contributed by atoms with Gasteiger partial charge in [0.15, 0.2) is 12.4 Å². The molecule has 0 heterocycles. The molecule has 6 nitrogen and oxygen atoms in total. The van der Waals surface area contributed by atoms with E-state index in [2.05, 4.69) is 5.32 Å². The van der Waals surface area contributed by atoms with Crippen molar-refractivity contribution in [3.05, 3.63) is 90.5 Å². The highest BCUT2D eigenvalue weighted by Crippen LogP contribution is 2.29. The lowest BCUT2D eigenvalue weighted by Gasteiger charge is -2.12. The van der Waals surface area contributed by atoms with E-state index in [4.69, 9.17) is 14.2 Å². The third-order valence-corrected chi connectivity index (χ3v) is 3.98. The van der Waals surface area contributed by atoms with Crippen molar-refractivity contribution in [2.75, 3.05) is 19.0 Å². The SMILES string of the molecule is COc1cccc(/C=C/C(=O)OCC(=O)Nc2ccccc2Oc2ccccc2)c1. The van der Waals surface area contributed by atoms with Crippen LogP contribution in [0.4, 0.5) is 5.69 Å². The molecule has 0 aliphatic rings. The van der Waals surface area contributed by atoms with E-state index < -0.39 is 18.5 Å². The van der Waals surface area contributed by atoms with Gasteiger partial charge >= 0.3 is 5.97 Å². The van der Waals surface area contributed by atoms with Crippen molar-refractivity contribution in [1.82, 2.24) is 0 Å². The molecule has 0 radical (unpaired) electrons. The lowest BCUT2D eigenvalue weighted by molar-refractivity contribution is -0.142. The zero-order chi connectivity index (χ0) is 21.2. The molecule has 3 rings (SSSR count). The van der Waals surface area contributed by atoms with Crippen LogP contribution in [-0.4, -0.2) is 25.6 Å². The molecular weight excluding hydrogens is 382 g/mol. The zero-order valence-corrected chi connectivity index (χ0v) is 16.4. The molecule has 0 atom stereocenters. The monoisotopic (exact) mass is 403 g/mol. The molecule has 1 N–H and O–H groups in total. The molecule has 152 valence electrons. The van der Waals surface area contributed by atoms with Gasteiger partial charge in [0, 0.05) is 6.08 Å². The first kappa shape index (κ1) is 20.7. The molecule has 3 aromatic carbocycles. The van der Waals surface area contributed by atoms with Crippen LogP contribution in [0.2, 0.25) is 0 Å². The summed E-state index contributed by atoms with van der Waals surface area (Å²) in [5.41, 5.74) is 1.26. The predicted octanol–water partition coefficient (Wildman–Crippen LogP) is 4.68. The Hall–Kier alpha value is -4.06. The third-order valence-electron chi connectivity index (χ3n) is 3.98. The Bertz CT molecular complexity index is 1030. The molecular formula is C24H21NO5. The summed E-state index contributed by atoms with van der Waals surface area (Å²) < 4.78 is 15.9. The summed E-state index contributed by atoms with van der Waals surface area (Å²) in [4.78, 5) is 24.1. The zero-order valence-electron chi connectivity index (χ0n) is 16.4. The first-order valence-electron chi connectivity index (χ1n) is 9.25. The number of ether oxygens (including phenoxy) is 3. The summed E-state index contributed by atoms with van der Waals surface area (Å²) >= 11 is 0. The van der Waals surface area contributed by atoms with E-state index in [1.807, 2.05) is 42.5 Å². The lowest BCUT2D eigenvalue weighted by Crippen LogP contribution is -2.20. The van der Waals surface area contributed by atoms with Crippen molar-refractivity contribution in [3.8, 4) is 17.2 Å². The number of benzene rings is 3. The van der Waals surface area contributed by atoms with Crippen molar-refractivity contribution in [2.24, 2.45) is 0 Å². The fourth-order valence-corrected chi connectivity index (χ4v) is 2.55. The summed E-state index contributed by atoms with van der Waals surface area (Å²) in [6, 6.07) is 23.5. The Kier molecular flexibility index (Phi) is 7.22. The van der Waals surface area contributed by atoms with Crippen LogP contribution in [0, 0.1) is 0 Å². The maximum Gasteiger partial charge on any atom is 0.331 e. The Labute approximate surface area is 174 Å². The molecule has 0 spiro atoms. The smallest absolute Gasteiger partial charge is 0.331 e. The molecule has 30 heavy (non-hydrogen) atoms. The minimum absolute atomic E-state index is 0.416. The van der Waals surface area contributed by atoms with E-state index in [0.29, 0.717) is 22.9 Å². The third kappa shape index (κ3) is 6.24. The lowest BCUT2D eigenvalue weighted by atomic mass is 10.2. The van der Waals surface area contributed by atoms with Gasteiger partial charge in [-0.1, -0.05) is 42.5 Å². The summed E-state index contributed by atoms with van der Waals surface area (Å²) in [7, 11) is 1.57. The molecule has 0 aliphatic carbocycles. The molecule has 1 amide bonds. The van der Waals surface area contributed by atoms with Gasteiger partial charge in [-0.25, -0.2) is 4.79 Å². The number of methoxy groups -OCH3 is 1. The highest BCUT2D eigenvalue weighted by atomic mass is 16.5. The number of para-hydroxylation sites is 3. The molecule has 0 aromatic heterocycles. The van der Waals surface area contributed by atoms with Crippen molar-refractivity contribution in [1.29, 1.82) is 0 Å². The van der Waals surface area contributed by atoms with Crippen molar-refractivity contribution < 1.29 is 23.8 Å². The first-order chi connectivity index (χ1) is 14.6.